The minimum atomic E-state index is -0.481. The number of carbonyl (C=O) groups excluding carboxylic acids is 6. The van der Waals surface area contributed by atoms with E-state index in [-0.39, 0.29) is 70.1 Å². The number of esters is 6. The molecule has 0 unspecified atom stereocenters. The Labute approximate surface area is 657 Å². The van der Waals surface area contributed by atoms with Crippen molar-refractivity contribution in [3.63, 3.8) is 0 Å². The monoisotopic (exact) mass is 1800 g/mol. The number of ether oxygens (including phenoxy) is 6. The normalized spacial score (nSPS) is 9.96. The molecule has 12 rings (SSSR count). The van der Waals surface area contributed by atoms with Gasteiger partial charge in [-0.3, -0.25) is 24.0 Å². The molecule has 6 aromatic carbocycles. The zero-order valence-corrected chi connectivity index (χ0v) is 65.5. The summed E-state index contributed by atoms with van der Waals surface area (Å²) in [6.45, 7) is 17.9. The van der Waals surface area contributed by atoms with E-state index in [4.69, 9.17) is 28.4 Å². The number of carbonyl (C=O) groups is 6. The minimum Gasteiger partial charge on any atom is -0.447 e. The maximum atomic E-state index is 12.1. The van der Waals surface area contributed by atoms with Crippen LogP contribution in [0.25, 0.3) is 67.5 Å². The predicted molar refractivity (Wildman–Crippen MR) is 405 cm³/mol. The molecule has 108 heavy (non-hydrogen) atoms. The standard InChI is InChI=1S/C17H18NO2.C15H12NO2.4C14H12NO2.2Ir/c1-4-17(2,3)16(19)20-14-9-7-8-13(12-14)15-10-5-6-11-18-15;1-11(2)18-15(17)13-7-5-6-12(10-13)14-8-3-4-9-16-14;4*1-2-14(16)17-12-7-5-6-11(10-12)13-8-3-4-9-15-13;;/h5-7,9-12H,4H2,1-3H3;3-5,7-10H,1H2,2H3;4*3-5,7-10H,2H2,1H3;;/q6*-1;2*+3. The minimum absolute atomic E-state index is 0. The molecule has 0 aliphatic carbocycles. The first-order valence-electron chi connectivity index (χ1n) is 33.9. The van der Waals surface area contributed by atoms with Gasteiger partial charge in [0.05, 0.1) is 39.9 Å². The second-order valence-corrected chi connectivity index (χ2v) is 23.0. The van der Waals surface area contributed by atoms with E-state index in [1.165, 1.54) is 0 Å². The molecule has 6 aromatic heterocycles. The number of hydrogen-bond donors (Lipinski definition) is 0. The Bertz CT molecular complexity index is 4390. The topological polar surface area (TPSA) is 235 Å². The first kappa shape index (κ1) is 86.7. The van der Waals surface area contributed by atoms with Crippen LogP contribution in [0.3, 0.4) is 0 Å². The van der Waals surface area contributed by atoms with Crippen LogP contribution in [0.1, 0.15) is 97.9 Å². The molecular weight excluding hydrogens is 1720 g/mol. The van der Waals surface area contributed by atoms with Crippen molar-refractivity contribution in [1.29, 1.82) is 0 Å². The summed E-state index contributed by atoms with van der Waals surface area (Å²) in [5.41, 5.74) is 9.59. The molecule has 0 saturated carbocycles. The molecule has 0 bridgehead atoms. The Morgan fingerprint density at radius 3 is 0.787 bits per heavy atom. The molecule has 0 aliphatic rings. The van der Waals surface area contributed by atoms with Crippen LogP contribution < -0.4 is 23.7 Å². The van der Waals surface area contributed by atoms with Crippen LogP contribution >= 0.6 is 0 Å². The molecule has 0 N–H and O–H groups in total. The zero-order valence-electron chi connectivity index (χ0n) is 60.7. The van der Waals surface area contributed by atoms with Gasteiger partial charge in [-0.25, -0.2) is 4.79 Å². The number of rotatable bonds is 19. The molecule has 550 valence electrons. The summed E-state index contributed by atoms with van der Waals surface area (Å²) < 4.78 is 31.0. The molecule has 0 amide bonds. The van der Waals surface area contributed by atoms with E-state index >= 15 is 0 Å². The summed E-state index contributed by atoms with van der Waals surface area (Å²) in [5.74, 6) is 1.35. The van der Waals surface area contributed by atoms with Gasteiger partial charge in [-0.1, -0.05) is 114 Å². The van der Waals surface area contributed by atoms with Gasteiger partial charge in [0.2, 0.25) is 0 Å². The van der Waals surface area contributed by atoms with E-state index in [1.54, 1.807) is 181 Å². The molecule has 18 nitrogen and oxygen atoms in total. The molecule has 0 spiro atoms. The van der Waals surface area contributed by atoms with Crippen molar-refractivity contribution in [3.8, 4) is 96.3 Å². The fourth-order valence-corrected chi connectivity index (χ4v) is 8.58. The number of aromatic nitrogens is 6. The smallest absolute Gasteiger partial charge is 0.447 e. The second kappa shape index (κ2) is 46.8. The van der Waals surface area contributed by atoms with Gasteiger partial charge in [-0.15, -0.1) is 179 Å². The first-order valence-corrected chi connectivity index (χ1v) is 33.9. The quantitative estimate of drug-likeness (QED) is 0.0317. The Kier molecular flexibility index (Phi) is 37.6. The summed E-state index contributed by atoms with van der Waals surface area (Å²) in [4.78, 5) is 93.9. The third-order valence-corrected chi connectivity index (χ3v) is 14.5. The van der Waals surface area contributed by atoms with Gasteiger partial charge in [0, 0.05) is 62.9 Å². The molecule has 12 aromatic rings. The SMILES string of the molecule is C=C(C)OC(=O)c1cc[c-]c(-c2ccccn2)c1.CCC(=O)Oc1cc[c-]c(-c2ccccn2)c1.CCC(=O)Oc1cc[c-]c(-c2ccccn2)c1.CCC(=O)Oc1cc[c-]c(-c2ccccn2)c1.CCC(=O)Oc1cc[c-]c(-c2ccccn2)c1.CCC(C)(C)C(=O)Oc1cc[c-]c(-c2ccccn2)c1.[Ir+3].[Ir+3]. The number of pyridine rings is 6. The molecule has 0 fully saturated rings. The molecule has 20 heteroatoms. The first-order chi connectivity index (χ1) is 51.4. The van der Waals surface area contributed by atoms with E-state index < -0.39 is 11.4 Å². The average Bonchev–Trinajstić information content (AvgIpc) is 0.862. The van der Waals surface area contributed by atoms with Crippen molar-refractivity contribution < 1.29 is 97.4 Å². The molecule has 0 radical (unpaired) electrons. The van der Waals surface area contributed by atoms with Crippen LogP contribution in [0.4, 0.5) is 0 Å². The van der Waals surface area contributed by atoms with E-state index in [0.29, 0.717) is 65.8 Å². The fourth-order valence-electron chi connectivity index (χ4n) is 8.58. The van der Waals surface area contributed by atoms with Crippen LogP contribution in [0.15, 0.2) is 268 Å². The van der Waals surface area contributed by atoms with Gasteiger partial charge < -0.3 is 58.3 Å². The Morgan fingerprint density at radius 1 is 0.343 bits per heavy atom. The van der Waals surface area contributed by atoms with Gasteiger partial charge in [-0.2, -0.15) is 0 Å². The van der Waals surface area contributed by atoms with Crippen molar-refractivity contribution in [2.75, 3.05) is 0 Å². The van der Waals surface area contributed by atoms with Crippen molar-refractivity contribution in [1.82, 2.24) is 29.9 Å². The van der Waals surface area contributed by atoms with E-state index in [1.807, 2.05) is 130 Å². The van der Waals surface area contributed by atoms with Crippen molar-refractivity contribution in [3.05, 3.63) is 310 Å². The number of nitrogens with zero attached hydrogens (tertiary/aromatic N) is 6. The Morgan fingerprint density at radius 2 is 0.574 bits per heavy atom. The predicted octanol–water partition coefficient (Wildman–Crippen LogP) is 18.6. The maximum absolute atomic E-state index is 12.1. The van der Waals surface area contributed by atoms with Crippen molar-refractivity contribution in [2.24, 2.45) is 5.41 Å². The number of allylic oxidation sites excluding steroid dienone is 1. The van der Waals surface area contributed by atoms with Crippen LogP contribution in [-0.4, -0.2) is 65.7 Å². The summed E-state index contributed by atoms with van der Waals surface area (Å²) in [5, 5.41) is 0. The van der Waals surface area contributed by atoms with Crippen LogP contribution in [-0.2, 0) is 68.9 Å². The zero-order chi connectivity index (χ0) is 75.9. The third kappa shape index (κ3) is 29.9. The van der Waals surface area contributed by atoms with Crippen molar-refractivity contribution in [2.45, 2.75) is 87.5 Å². The average molecular weight is 1800 g/mol. The summed E-state index contributed by atoms with van der Waals surface area (Å²) >= 11 is 0. The molecular formula is C88H78Ir2N6O12. The molecule has 0 atom stereocenters. The summed E-state index contributed by atoms with van der Waals surface area (Å²) in [7, 11) is 0. The third-order valence-electron chi connectivity index (χ3n) is 14.5. The fraction of sp³-hybridized carbons (Fsp3) is 0.159. The van der Waals surface area contributed by atoms with E-state index in [9.17, 15) is 28.8 Å². The number of hydrogen-bond acceptors (Lipinski definition) is 18. The van der Waals surface area contributed by atoms with Gasteiger partial charge in [0.25, 0.3) is 0 Å². The second-order valence-electron chi connectivity index (χ2n) is 23.0. The van der Waals surface area contributed by atoms with E-state index in [0.717, 1.165) is 74.0 Å². The summed E-state index contributed by atoms with van der Waals surface area (Å²) in [6, 6.07) is 83.3. The maximum Gasteiger partial charge on any atom is 3.00 e. The molecule has 0 aliphatic heterocycles. The van der Waals surface area contributed by atoms with Crippen molar-refractivity contribution >= 4 is 35.8 Å². The van der Waals surface area contributed by atoms with Crippen LogP contribution in [0.2, 0.25) is 0 Å². The van der Waals surface area contributed by atoms with Gasteiger partial charge in [0.1, 0.15) is 0 Å². The molecule has 0 saturated heterocycles. The molecule has 6 heterocycles. The largest absolute Gasteiger partial charge is 3.00 e. The summed E-state index contributed by atoms with van der Waals surface area (Å²) in [6.07, 6.45) is 12.5. The Balaban J connectivity index is 0.000000232. The van der Waals surface area contributed by atoms with Crippen LogP contribution in [0, 0.1) is 41.8 Å². The number of benzene rings is 6. The van der Waals surface area contributed by atoms with Gasteiger partial charge in [-0.05, 0) is 103 Å². The van der Waals surface area contributed by atoms with E-state index in [2.05, 4.69) is 72.9 Å². The van der Waals surface area contributed by atoms with Gasteiger partial charge >= 0.3 is 76.0 Å². The van der Waals surface area contributed by atoms with Gasteiger partial charge in [0.15, 0.2) is 0 Å². The Hall–Kier alpha value is -11.9. The van der Waals surface area contributed by atoms with Crippen LogP contribution in [0.5, 0.6) is 28.7 Å².